The van der Waals surface area contributed by atoms with Crippen LogP contribution in [0.15, 0.2) is 28.7 Å². The highest BCUT2D eigenvalue weighted by atomic mass is 79.9. The number of halogens is 2. The molecule has 0 radical (unpaired) electrons. The molecule has 0 saturated carbocycles. The number of carbonyl (C=O) groups excluding carboxylic acids is 1. The van der Waals surface area contributed by atoms with E-state index in [4.69, 9.17) is 5.73 Å². The van der Waals surface area contributed by atoms with Gasteiger partial charge in [-0.2, -0.15) is 11.8 Å². The number of hydrogen-bond donors (Lipinski definition) is 2. The van der Waals surface area contributed by atoms with Crippen LogP contribution >= 0.6 is 40.1 Å². The Balaban J connectivity index is 0.00000441. The lowest BCUT2D eigenvalue weighted by atomic mass is 9.92. The molecular formula is C16H26BrClN2OS. The van der Waals surface area contributed by atoms with E-state index >= 15 is 0 Å². The van der Waals surface area contributed by atoms with Gasteiger partial charge in [-0.05, 0) is 43.7 Å². The van der Waals surface area contributed by atoms with Crippen LogP contribution in [0, 0.1) is 0 Å². The average Bonchev–Trinajstić information content (AvgIpc) is 2.49. The first-order valence-electron chi connectivity index (χ1n) is 7.19. The minimum atomic E-state index is -1.02. The fourth-order valence-corrected chi connectivity index (χ4v) is 3.27. The Morgan fingerprint density at radius 1 is 1.27 bits per heavy atom. The molecule has 6 heteroatoms. The van der Waals surface area contributed by atoms with E-state index in [9.17, 15) is 4.79 Å². The highest BCUT2D eigenvalue weighted by Crippen LogP contribution is 2.30. The van der Waals surface area contributed by atoms with Gasteiger partial charge in [0.1, 0.15) is 5.54 Å². The molecule has 0 aromatic heterocycles. The fraction of sp³-hybridized carbons (Fsp3) is 0.562. The number of rotatable bonds is 7. The van der Waals surface area contributed by atoms with Crippen LogP contribution < -0.4 is 11.1 Å². The van der Waals surface area contributed by atoms with E-state index in [-0.39, 0.29) is 23.1 Å². The summed E-state index contributed by atoms with van der Waals surface area (Å²) in [5.41, 5.74) is 6.04. The predicted octanol–water partition coefficient (Wildman–Crippen LogP) is 4.08. The van der Waals surface area contributed by atoms with E-state index in [0.29, 0.717) is 6.54 Å². The largest absolute Gasteiger partial charge is 0.353 e. The van der Waals surface area contributed by atoms with E-state index in [2.05, 4.69) is 41.3 Å². The minimum Gasteiger partial charge on any atom is -0.353 e. The van der Waals surface area contributed by atoms with Gasteiger partial charge in [0.2, 0.25) is 5.91 Å². The lowest BCUT2D eigenvalue weighted by Gasteiger charge is -2.32. The molecule has 3 N–H and O–H groups in total. The van der Waals surface area contributed by atoms with Crippen LogP contribution in [0.4, 0.5) is 0 Å². The van der Waals surface area contributed by atoms with Crippen molar-refractivity contribution in [1.29, 1.82) is 0 Å². The SMILES string of the molecule is CCC(CC)(CNC(=O)C(C)(N)c1ccc(Br)cc1)SC.Cl. The minimum absolute atomic E-state index is 0. The summed E-state index contributed by atoms with van der Waals surface area (Å²) >= 11 is 5.20. The van der Waals surface area contributed by atoms with Crippen molar-refractivity contribution >= 4 is 46.0 Å². The first-order chi connectivity index (χ1) is 9.81. The van der Waals surface area contributed by atoms with Gasteiger partial charge in [-0.15, -0.1) is 12.4 Å². The number of thioether (sulfide) groups is 1. The Bertz CT molecular complexity index is 467. The zero-order valence-electron chi connectivity index (χ0n) is 13.6. The smallest absolute Gasteiger partial charge is 0.244 e. The van der Waals surface area contributed by atoms with Gasteiger partial charge in [-0.1, -0.05) is 41.9 Å². The van der Waals surface area contributed by atoms with Gasteiger partial charge >= 0.3 is 0 Å². The van der Waals surface area contributed by atoms with E-state index in [1.54, 1.807) is 18.7 Å². The van der Waals surface area contributed by atoms with Gasteiger partial charge in [-0.25, -0.2) is 0 Å². The summed E-state index contributed by atoms with van der Waals surface area (Å²) < 4.78 is 1.06. The van der Waals surface area contributed by atoms with Crippen molar-refractivity contribution in [2.45, 2.75) is 43.9 Å². The molecule has 1 aromatic rings. The molecule has 0 aliphatic rings. The maximum Gasteiger partial charge on any atom is 0.244 e. The zero-order valence-corrected chi connectivity index (χ0v) is 16.8. The van der Waals surface area contributed by atoms with E-state index in [1.165, 1.54) is 0 Å². The second kappa shape index (κ2) is 9.16. The summed E-state index contributed by atoms with van der Waals surface area (Å²) in [5.74, 6) is -0.134. The molecule has 0 aliphatic heterocycles. The topological polar surface area (TPSA) is 55.1 Å². The first kappa shape index (κ1) is 21.8. The molecule has 1 aromatic carbocycles. The highest BCUT2D eigenvalue weighted by molar-refractivity contribution is 9.10. The number of hydrogen-bond acceptors (Lipinski definition) is 3. The molecule has 0 heterocycles. The molecule has 126 valence electrons. The lowest BCUT2D eigenvalue weighted by molar-refractivity contribution is -0.126. The molecule has 3 nitrogen and oxygen atoms in total. The van der Waals surface area contributed by atoms with E-state index < -0.39 is 5.54 Å². The second-order valence-corrected chi connectivity index (χ2v) is 7.68. The van der Waals surface area contributed by atoms with Crippen LogP contribution in [-0.4, -0.2) is 23.5 Å². The fourth-order valence-electron chi connectivity index (χ4n) is 2.21. The monoisotopic (exact) mass is 408 g/mol. The summed E-state index contributed by atoms with van der Waals surface area (Å²) in [4.78, 5) is 12.5. The number of amides is 1. The molecule has 1 unspecified atom stereocenters. The third-order valence-corrected chi connectivity index (χ3v) is 6.32. The van der Waals surface area contributed by atoms with Crippen LogP contribution in [0.25, 0.3) is 0 Å². The second-order valence-electron chi connectivity index (χ2n) is 5.49. The van der Waals surface area contributed by atoms with Crippen molar-refractivity contribution in [2.75, 3.05) is 12.8 Å². The number of benzene rings is 1. The standard InChI is InChI=1S/C16H25BrN2OS.ClH/c1-5-16(6-2,21-4)11-19-14(20)15(3,18)12-7-9-13(17)10-8-12;/h7-10H,5-6,11,18H2,1-4H3,(H,19,20);1H. The molecule has 1 atom stereocenters. The van der Waals surface area contributed by atoms with Gasteiger partial charge in [0.05, 0.1) is 0 Å². The van der Waals surface area contributed by atoms with Crippen LogP contribution in [0.1, 0.15) is 39.2 Å². The summed E-state index contributed by atoms with van der Waals surface area (Å²) in [6.45, 7) is 6.71. The molecular weight excluding hydrogens is 384 g/mol. The van der Waals surface area contributed by atoms with Gasteiger partial charge in [0.15, 0.2) is 0 Å². The van der Waals surface area contributed by atoms with Crippen LogP contribution in [0.2, 0.25) is 0 Å². The van der Waals surface area contributed by atoms with E-state index in [1.807, 2.05) is 24.3 Å². The Kier molecular flexibility index (Phi) is 9.06. The Morgan fingerprint density at radius 3 is 2.18 bits per heavy atom. The summed E-state index contributed by atoms with van der Waals surface area (Å²) in [7, 11) is 0. The van der Waals surface area contributed by atoms with Gasteiger partial charge < -0.3 is 11.1 Å². The summed E-state index contributed by atoms with van der Waals surface area (Å²) in [6, 6.07) is 7.56. The van der Waals surface area contributed by atoms with Crippen molar-refractivity contribution in [1.82, 2.24) is 5.32 Å². The van der Waals surface area contributed by atoms with Crippen LogP contribution in [0.5, 0.6) is 0 Å². The average molecular weight is 410 g/mol. The van der Waals surface area contributed by atoms with Crippen molar-refractivity contribution in [2.24, 2.45) is 5.73 Å². The maximum absolute atomic E-state index is 12.5. The maximum atomic E-state index is 12.5. The van der Waals surface area contributed by atoms with Crippen molar-refractivity contribution in [3.8, 4) is 0 Å². The molecule has 1 rings (SSSR count). The predicted molar refractivity (Wildman–Crippen MR) is 103 cm³/mol. The molecule has 1 amide bonds. The number of carbonyl (C=O) groups is 1. The molecule has 0 bridgehead atoms. The number of nitrogens with one attached hydrogen (secondary N) is 1. The normalized spacial score (nSPS) is 13.9. The molecule has 0 saturated heterocycles. The quantitative estimate of drug-likeness (QED) is 0.713. The Morgan fingerprint density at radius 2 is 1.77 bits per heavy atom. The van der Waals surface area contributed by atoms with Gasteiger partial charge in [-0.3, -0.25) is 4.79 Å². The molecule has 0 spiro atoms. The summed E-state index contributed by atoms with van der Waals surface area (Å²) in [5, 5.41) is 3.03. The molecule has 22 heavy (non-hydrogen) atoms. The van der Waals surface area contributed by atoms with Crippen LogP contribution in [-0.2, 0) is 10.3 Å². The van der Waals surface area contributed by atoms with Gasteiger partial charge in [0, 0.05) is 15.8 Å². The molecule has 0 aliphatic carbocycles. The lowest BCUT2D eigenvalue weighted by Crippen LogP contribution is -2.52. The summed E-state index contributed by atoms with van der Waals surface area (Å²) in [6.07, 6.45) is 4.13. The first-order valence-corrected chi connectivity index (χ1v) is 9.21. The van der Waals surface area contributed by atoms with Crippen molar-refractivity contribution < 1.29 is 4.79 Å². The van der Waals surface area contributed by atoms with Crippen molar-refractivity contribution in [3.05, 3.63) is 34.3 Å². The number of nitrogens with two attached hydrogens (primary N) is 1. The Labute approximate surface area is 152 Å². The van der Waals surface area contributed by atoms with E-state index in [0.717, 1.165) is 22.9 Å². The van der Waals surface area contributed by atoms with Gasteiger partial charge in [0.25, 0.3) is 0 Å². The Hall–Kier alpha value is -0.230. The van der Waals surface area contributed by atoms with Crippen LogP contribution in [0.3, 0.4) is 0 Å². The zero-order chi connectivity index (χ0) is 16.1. The van der Waals surface area contributed by atoms with Crippen molar-refractivity contribution in [3.63, 3.8) is 0 Å². The molecule has 0 fully saturated rings. The third kappa shape index (κ3) is 5.15. The third-order valence-electron chi connectivity index (χ3n) is 4.21. The highest BCUT2D eigenvalue weighted by Gasteiger charge is 2.33.